The van der Waals surface area contributed by atoms with E-state index in [0.717, 1.165) is 33.3 Å². The minimum absolute atomic E-state index is 0.516. The lowest BCUT2D eigenvalue weighted by Crippen LogP contribution is -1.92. The Bertz CT molecular complexity index is 777. The summed E-state index contributed by atoms with van der Waals surface area (Å²) in [6, 6.07) is 16.4. The van der Waals surface area contributed by atoms with Crippen LogP contribution in [0.5, 0.6) is 0 Å². The number of nitrogen functional groups attached to an aromatic ring is 1. The van der Waals surface area contributed by atoms with Crippen molar-refractivity contribution in [3.8, 4) is 22.4 Å². The fraction of sp³-hybridized carbons (Fsp3) is 0.118. The monoisotopic (exact) mass is 341 g/mol. The van der Waals surface area contributed by atoms with Gasteiger partial charge in [0.25, 0.3) is 0 Å². The molecule has 0 aliphatic carbocycles. The predicted molar refractivity (Wildman–Crippen MR) is 91.0 cm³/mol. The van der Waals surface area contributed by atoms with Gasteiger partial charge in [0.05, 0.1) is 11.3 Å². The smallest absolute Gasteiger partial charge is 0.153 e. The lowest BCUT2D eigenvalue weighted by molar-refractivity contribution is 1.09. The Morgan fingerprint density at radius 2 is 1.71 bits per heavy atom. The lowest BCUT2D eigenvalue weighted by atomic mass is 9.96. The highest BCUT2D eigenvalue weighted by atomic mass is 79.9. The number of anilines is 1. The second kappa shape index (κ2) is 5.74. The highest BCUT2D eigenvalue weighted by Crippen LogP contribution is 2.39. The zero-order chi connectivity index (χ0) is 14.8. The van der Waals surface area contributed by atoms with E-state index in [-0.39, 0.29) is 0 Å². The Hall–Kier alpha value is -2.07. The van der Waals surface area contributed by atoms with Crippen molar-refractivity contribution in [2.45, 2.75) is 13.3 Å². The van der Waals surface area contributed by atoms with Crippen LogP contribution in [0.2, 0.25) is 0 Å². The molecular weight excluding hydrogens is 326 g/mol. The summed E-state index contributed by atoms with van der Waals surface area (Å²) in [7, 11) is 0. The summed E-state index contributed by atoms with van der Waals surface area (Å²) in [5.74, 6) is 0.516. The van der Waals surface area contributed by atoms with Crippen molar-refractivity contribution in [3.05, 3.63) is 58.6 Å². The lowest BCUT2D eigenvalue weighted by Gasteiger charge is -2.10. The van der Waals surface area contributed by atoms with Crippen LogP contribution in [-0.4, -0.2) is 10.2 Å². The maximum absolute atomic E-state index is 6.11. The molecule has 106 valence electrons. The number of hydrogen-bond donors (Lipinski definition) is 2. The van der Waals surface area contributed by atoms with E-state index in [1.54, 1.807) is 0 Å². The van der Waals surface area contributed by atoms with Crippen LogP contribution in [0.3, 0.4) is 0 Å². The minimum atomic E-state index is 0.516. The van der Waals surface area contributed by atoms with E-state index >= 15 is 0 Å². The van der Waals surface area contributed by atoms with Crippen molar-refractivity contribution < 1.29 is 0 Å². The summed E-state index contributed by atoms with van der Waals surface area (Å²) in [5, 5.41) is 7.31. The number of nitrogens with two attached hydrogens (primary N) is 1. The maximum Gasteiger partial charge on any atom is 0.153 e. The van der Waals surface area contributed by atoms with E-state index in [0.29, 0.717) is 5.82 Å². The third kappa shape index (κ3) is 2.47. The van der Waals surface area contributed by atoms with E-state index in [1.807, 2.05) is 30.3 Å². The standard InChI is InChI=1S/C17H16BrN3/c1-2-11-7-3-4-8-12(11)16-15(17(19)21-20-16)13-9-5-6-10-14(13)18/h3-10H,2H2,1H3,(H3,19,20,21). The van der Waals surface area contributed by atoms with Gasteiger partial charge in [-0.15, -0.1) is 0 Å². The number of nitrogens with zero attached hydrogens (tertiary/aromatic N) is 1. The first kappa shape index (κ1) is 13.9. The first-order valence-electron chi connectivity index (χ1n) is 6.89. The first-order chi connectivity index (χ1) is 10.2. The van der Waals surface area contributed by atoms with E-state index in [2.05, 4.69) is 51.3 Å². The summed E-state index contributed by atoms with van der Waals surface area (Å²) < 4.78 is 1.01. The van der Waals surface area contributed by atoms with Gasteiger partial charge in [0.15, 0.2) is 5.82 Å². The Labute approximate surface area is 132 Å². The molecule has 0 saturated heterocycles. The van der Waals surface area contributed by atoms with Gasteiger partial charge in [-0.2, -0.15) is 5.10 Å². The summed E-state index contributed by atoms with van der Waals surface area (Å²) in [5.41, 5.74) is 11.5. The molecule has 0 amide bonds. The molecule has 0 aliphatic rings. The van der Waals surface area contributed by atoms with Crippen molar-refractivity contribution in [1.82, 2.24) is 10.2 Å². The van der Waals surface area contributed by atoms with Gasteiger partial charge in [-0.1, -0.05) is 65.3 Å². The molecule has 1 heterocycles. The van der Waals surface area contributed by atoms with E-state index < -0.39 is 0 Å². The normalized spacial score (nSPS) is 10.8. The molecule has 0 unspecified atom stereocenters. The van der Waals surface area contributed by atoms with Crippen molar-refractivity contribution in [2.24, 2.45) is 0 Å². The highest BCUT2D eigenvalue weighted by Gasteiger charge is 2.18. The van der Waals surface area contributed by atoms with Crippen molar-refractivity contribution >= 4 is 21.7 Å². The Morgan fingerprint density at radius 1 is 1.05 bits per heavy atom. The fourth-order valence-corrected chi connectivity index (χ4v) is 3.04. The highest BCUT2D eigenvalue weighted by molar-refractivity contribution is 9.10. The molecule has 0 saturated carbocycles. The number of hydrogen-bond acceptors (Lipinski definition) is 2. The van der Waals surface area contributed by atoms with Crippen molar-refractivity contribution in [2.75, 3.05) is 5.73 Å². The molecule has 1 aromatic heterocycles. The second-order valence-electron chi connectivity index (χ2n) is 4.85. The van der Waals surface area contributed by atoms with Crippen molar-refractivity contribution in [1.29, 1.82) is 0 Å². The minimum Gasteiger partial charge on any atom is -0.382 e. The third-order valence-corrected chi connectivity index (χ3v) is 4.30. The van der Waals surface area contributed by atoms with E-state index in [4.69, 9.17) is 5.73 Å². The van der Waals surface area contributed by atoms with Crippen molar-refractivity contribution in [3.63, 3.8) is 0 Å². The summed E-state index contributed by atoms with van der Waals surface area (Å²) in [6.07, 6.45) is 0.963. The number of aryl methyl sites for hydroxylation is 1. The number of benzene rings is 2. The number of halogens is 1. The number of rotatable bonds is 3. The molecule has 21 heavy (non-hydrogen) atoms. The molecule has 3 N–H and O–H groups in total. The number of aromatic amines is 1. The van der Waals surface area contributed by atoms with Gasteiger partial charge in [0.2, 0.25) is 0 Å². The van der Waals surface area contributed by atoms with Crippen LogP contribution >= 0.6 is 15.9 Å². The van der Waals surface area contributed by atoms with Gasteiger partial charge < -0.3 is 5.73 Å². The summed E-state index contributed by atoms with van der Waals surface area (Å²) in [6.45, 7) is 2.15. The SMILES string of the molecule is CCc1ccccc1-c1[nH]nc(N)c1-c1ccccc1Br. The van der Waals surface area contributed by atoms with Crippen LogP contribution in [0.1, 0.15) is 12.5 Å². The third-order valence-electron chi connectivity index (χ3n) is 3.61. The first-order valence-corrected chi connectivity index (χ1v) is 7.68. The Balaban J connectivity index is 2.25. The molecule has 0 fully saturated rings. The number of H-pyrrole nitrogens is 1. The quantitative estimate of drug-likeness (QED) is 0.728. The van der Waals surface area contributed by atoms with Gasteiger partial charge >= 0.3 is 0 Å². The van der Waals surface area contributed by atoms with E-state index in [9.17, 15) is 0 Å². The average Bonchev–Trinajstić information content (AvgIpc) is 2.89. The second-order valence-corrected chi connectivity index (χ2v) is 5.70. The van der Waals surface area contributed by atoms with Crippen LogP contribution in [0.4, 0.5) is 5.82 Å². The van der Waals surface area contributed by atoms with Crippen LogP contribution in [0.25, 0.3) is 22.4 Å². The van der Waals surface area contributed by atoms with Crippen LogP contribution in [0, 0.1) is 0 Å². The van der Waals surface area contributed by atoms with Gasteiger partial charge in [-0.05, 0) is 18.1 Å². The molecule has 0 aliphatic heterocycles. The van der Waals surface area contributed by atoms with E-state index in [1.165, 1.54) is 5.56 Å². The summed E-state index contributed by atoms with van der Waals surface area (Å²) >= 11 is 3.60. The molecule has 3 aromatic rings. The topological polar surface area (TPSA) is 54.7 Å². The Kier molecular flexibility index (Phi) is 3.80. The fourth-order valence-electron chi connectivity index (χ4n) is 2.56. The largest absolute Gasteiger partial charge is 0.382 e. The molecule has 0 spiro atoms. The molecule has 0 atom stereocenters. The van der Waals surface area contributed by atoms with Gasteiger partial charge in [-0.3, -0.25) is 5.10 Å². The van der Waals surface area contributed by atoms with Crippen LogP contribution in [0.15, 0.2) is 53.0 Å². The predicted octanol–water partition coefficient (Wildman–Crippen LogP) is 4.65. The van der Waals surface area contributed by atoms with Gasteiger partial charge in [-0.25, -0.2) is 0 Å². The molecule has 0 bridgehead atoms. The molecular formula is C17H16BrN3. The maximum atomic E-state index is 6.11. The zero-order valence-electron chi connectivity index (χ0n) is 11.7. The molecule has 0 radical (unpaired) electrons. The molecule has 3 rings (SSSR count). The average molecular weight is 342 g/mol. The molecule has 3 nitrogen and oxygen atoms in total. The molecule has 2 aromatic carbocycles. The molecule has 4 heteroatoms. The van der Waals surface area contributed by atoms with Crippen LogP contribution < -0.4 is 5.73 Å². The Morgan fingerprint density at radius 3 is 2.43 bits per heavy atom. The number of nitrogens with one attached hydrogen (secondary N) is 1. The summed E-state index contributed by atoms with van der Waals surface area (Å²) in [4.78, 5) is 0. The number of aromatic nitrogens is 2. The van der Waals surface area contributed by atoms with Gasteiger partial charge in [0.1, 0.15) is 0 Å². The van der Waals surface area contributed by atoms with Gasteiger partial charge in [0, 0.05) is 15.6 Å². The zero-order valence-corrected chi connectivity index (χ0v) is 13.3. The van der Waals surface area contributed by atoms with Crippen LogP contribution in [-0.2, 0) is 6.42 Å².